The van der Waals surface area contributed by atoms with Crippen molar-refractivity contribution < 1.29 is 0 Å². The van der Waals surface area contributed by atoms with Gasteiger partial charge in [-0.05, 0) is 47.2 Å². The first-order chi connectivity index (χ1) is 8.74. The van der Waals surface area contributed by atoms with Gasteiger partial charge in [0.15, 0.2) is 0 Å². The van der Waals surface area contributed by atoms with Crippen LogP contribution < -0.4 is 5.32 Å². The zero-order valence-corrected chi connectivity index (χ0v) is 12.5. The molecule has 0 unspecified atom stereocenters. The van der Waals surface area contributed by atoms with Crippen LogP contribution in [0.4, 0.5) is 5.69 Å². The van der Waals surface area contributed by atoms with Crippen molar-refractivity contribution in [2.75, 3.05) is 18.1 Å². The molecule has 1 aromatic heterocycles. The topological polar surface area (TPSA) is 37.8 Å². The van der Waals surface area contributed by atoms with E-state index in [-0.39, 0.29) is 0 Å². The normalized spacial score (nSPS) is 16.8. The van der Waals surface area contributed by atoms with Crippen LogP contribution in [0, 0.1) is 0 Å². The fourth-order valence-corrected chi connectivity index (χ4v) is 3.29. The number of halogens is 1. The zero-order valence-electron chi connectivity index (χ0n) is 10.1. The second kappa shape index (κ2) is 4.70. The molecule has 1 saturated carbocycles. The maximum absolute atomic E-state index is 4.37. The number of hydrogen-bond acceptors (Lipinski definition) is 4. The summed E-state index contributed by atoms with van der Waals surface area (Å²) in [6, 6.07) is 4.07. The van der Waals surface area contributed by atoms with E-state index in [1.54, 1.807) is 12.4 Å². The monoisotopic (exact) mass is 323 g/mol. The van der Waals surface area contributed by atoms with Crippen LogP contribution >= 0.6 is 27.7 Å². The van der Waals surface area contributed by atoms with Gasteiger partial charge in [-0.15, -0.1) is 0 Å². The molecule has 0 radical (unpaired) electrons. The summed E-state index contributed by atoms with van der Waals surface area (Å²) in [6.45, 7) is 1.01. The van der Waals surface area contributed by atoms with Crippen molar-refractivity contribution in [1.82, 2.24) is 9.97 Å². The molecule has 18 heavy (non-hydrogen) atoms. The lowest BCUT2D eigenvalue weighted by atomic mass is 10.2. The van der Waals surface area contributed by atoms with Crippen molar-refractivity contribution >= 4 is 44.4 Å². The average Bonchev–Trinajstić information content (AvgIpc) is 3.19. The van der Waals surface area contributed by atoms with E-state index >= 15 is 0 Å². The maximum atomic E-state index is 4.37. The Hall–Kier alpha value is -0.810. The number of nitrogens with zero attached hydrogens (tertiary/aromatic N) is 2. The van der Waals surface area contributed by atoms with Gasteiger partial charge in [0.05, 0.1) is 15.7 Å². The van der Waals surface area contributed by atoms with Crippen LogP contribution in [-0.4, -0.2) is 27.5 Å². The second-order valence-electron chi connectivity index (χ2n) is 4.59. The van der Waals surface area contributed by atoms with Gasteiger partial charge in [-0.1, -0.05) is 0 Å². The van der Waals surface area contributed by atoms with Crippen molar-refractivity contribution in [3.8, 4) is 0 Å². The van der Waals surface area contributed by atoms with E-state index in [4.69, 9.17) is 0 Å². The summed E-state index contributed by atoms with van der Waals surface area (Å²) in [7, 11) is 0. The second-order valence-corrected chi connectivity index (χ2v) is 6.66. The van der Waals surface area contributed by atoms with E-state index in [0.717, 1.165) is 27.7 Å². The third-order valence-electron chi connectivity index (χ3n) is 3.42. The van der Waals surface area contributed by atoms with Crippen LogP contribution in [0.2, 0.25) is 0 Å². The number of rotatable bonds is 4. The Morgan fingerprint density at radius 3 is 2.83 bits per heavy atom. The molecule has 0 aliphatic heterocycles. The quantitative estimate of drug-likeness (QED) is 0.931. The molecule has 0 amide bonds. The van der Waals surface area contributed by atoms with Gasteiger partial charge in [-0.3, -0.25) is 9.97 Å². The van der Waals surface area contributed by atoms with Crippen LogP contribution in [0.1, 0.15) is 12.8 Å². The SMILES string of the molecule is CSC1(CNc2ccc3nccnc3c2Br)CC1. The number of fused-ring (bicyclic) bond motifs is 1. The Labute approximate surface area is 119 Å². The first kappa shape index (κ1) is 12.2. The Morgan fingerprint density at radius 1 is 1.33 bits per heavy atom. The van der Waals surface area contributed by atoms with E-state index in [1.165, 1.54) is 12.8 Å². The Balaban J connectivity index is 1.86. The number of aromatic nitrogens is 2. The van der Waals surface area contributed by atoms with Gasteiger partial charge in [0.1, 0.15) is 5.52 Å². The highest BCUT2D eigenvalue weighted by Crippen LogP contribution is 2.47. The number of hydrogen-bond donors (Lipinski definition) is 1. The van der Waals surface area contributed by atoms with Crippen molar-refractivity contribution in [3.63, 3.8) is 0 Å². The van der Waals surface area contributed by atoms with Crippen LogP contribution in [-0.2, 0) is 0 Å². The van der Waals surface area contributed by atoms with Gasteiger partial charge < -0.3 is 5.32 Å². The van der Waals surface area contributed by atoms with Crippen LogP contribution in [0.15, 0.2) is 29.0 Å². The minimum absolute atomic E-state index is 0.455. The molecule has 0 bridgehead atoms. The molecule has 1 heterocycles. The molecule has 1 N–H and O–H groups in total. The van der Waals surface area contributed by atoms with Gasteiger partial charge in [-0.2, -0.15) is 11.8 Å². The number of anilines is 1. The maximum Gasteiger partial charge on any atom is 0.105 e. The summed E-state index contributed by atoms with van der Waals surface area (Å²) in [5, 5.41) is 3.52. The standard InChI is InChI=1S/C13H14BrN3S/c1-18-13(4-5-13)8-17-9-2-3-10-12(11(9)14)16-7-6-15-10/h2-3,6-7,17H,4-5,8H2,1H3. The number of nitrogens with one attached hydrogen (secondary N) is 1. The van der Waals surface area contributed by atoms with Gasteiger partial charge in [0.2, 0.25) is 0 Å². The summed E-state index contributed by atoms with van der Waals surface area (Å²) in [5.74, 6) is 0. The van der Waals surface area contributed by atoms with Gasteiger partial charge in [-0.25, -0.2) is 0 Å². The van der Waals surface area contributed by atoms with E-state index in [9.17, 15) is 0 Å². The molecule has 1 aliphatic rings. The molecule has 0 spiro atoms. The van der Waals surface area contributed by atoms with Gasteiger partial charge in [0.25, 0.3) is 0 Å². The largest absolute Gasteiger partial charge is 0.383 e. The summed E-state index contributed by atoms with van der Waals surface area (Å²) in [6.07, 6.45) is 8.25. The molecule has 0 atom stereocenters. The average molecular weight is 324 g/mol. The smallest absolute Gasteiger partial charge is 0.105 e. The van der Waals surface area contributed by atoms with E-state index in [0.29, 0.717) is 4.75 Å². The van der Waals surface area contributed by atoms with Crippen molar-refractivity contribution in [2.24, 2.45) is 0 Å². The predicted octanol–water partition coefficient (Wildman–Crippen LogP) is 3.70. The third-order valence-corrected chi connectivity index (χ3v) is 5.64. The fraction of sp³-hybridized carbons (Fsp3) is 0.385. The Morgan fingerprint density at radius 2 is 2.11 bits per heavy atom. The highest BCUT2D eigenvalue weighted by Gasteiger charge is 2.41. The van der Waals surface area contributed by atoms with E-state index in [1.807, 2.05) is 17.8 Å². The van der Waals surface area contributed by atoms with Crippen molar-refractivity contribution in [1.29, 1.82) is 0 Å². The third kappa shape index (κ3) is 2.21. The molecule has 94 valence electrons. The molecule has 1 fully saturated rings. The lowest BCUT2D eigenvalue weighted by Crippen LogP contribution is -2.17. The highest BCUT2D eigenvalue weighted by molar-refractivity contribution is 9.10. The van der Waals surface area contributed by atoms with Crippen molar-refractivity contribution in [3.05, 3.63) is 29.0 Å². The van der Waals surface area contributed by atoms with E-state index in [2.05, 4.69) is 43.5 Å². The molecule has 3 nitrogen and oxygen atoms in total. The number of benzene rings is 1. The van der Waals surface area contributed by atoms with Gasteiger partial charge >= 0.3 is 0 Å². The Kier molecular flexibility index (Phi) is 3.20. The first-order valence-corrected chi connectivity index (χ1v) is 7.94. The molecular weight excluding hydrogens is 310 g/mol. The first-order valence-electron chi connectivity index (χ1n) is 5.92. The molecule has 1 aromatic carbocycles. The van der Waals surface area contributed by atoms with Crippen LogP contribution in [0.3, 0.4) is 0 Å². The minimum Gasteiger partial charge on any atom is -0.383 e. The highest BCUT2D eigenvalue weighted by atomic mass is 79.9. The molecule has 1 aliphatic carbocycles. The predicted molar refractivity (Wildman–Crippen MR) is 81.2 cm³/mol. The lowest BCUT2D eigenvalue weighted by molar-refractivity contribution is 0.949. The Bertz CT molecular complexity index is 583. The lowest BCUT2D eigenvalue weighted by Gasteiger charge is -2.15. The molecular formula is C13H14BrN3S. The molecule has 3 rings (SSSR count). The van der Waals surface area contributed by atoms with Crippen LogP contribution in [0.25, 0.3) is 11.0 Å². The summed E-state index contributed by atoms with van der Waals surface area (Å²) < 4.78 is 1.46. The van der Waals surface area contributed by atoms with Crippen molar-refractivity contribution in [2.45, 2.75) is 17.6 Å². The summed E-state index contributed by atoms with van der Waals surface area (Å²) in [5.41, 5.74) is 2.93. The molecule has 5 heteroatoms. The number of thioether (sulfide) groups is 1. The minimum atomic E-state index is 0.455. The van der Waals surface area contributed by atoms with Gasteiger partial charge in [0, 0.05) is 23.7 Å². The van der Waals surface area contributed by atoms with E-state index < -0.39 is 0 Å². The summed E-state index contributed by atoms with van der Waals surface area (Å²) >= 11 is 5.58. The zero-order chi connectivity index (χ0) is 12.6. The molecule has 0 saturated heterocycles. The van der Waals surface area contributed by atoms with Crippen LogP contribution in [0.5, 0.6) is 0 Å². The fourth-order valence-electron chi connectivity index (χ4n) is 1.99. The molecule has 2 aromatic rings. The summed E-state index contributed by atoms with van der Waals surface area (Å²) in [4.78, 5) is 8.66.